The van der Waals surface area contributed by atoms with Crippen molar-refractivity contribution in [3.05, 3.63) is 468 Å². The molecular weight excluding hydrogens is 1360 g/mol. The summed E-state index contributed by atoms with van der Waals surface area (Å²) < 4.78 is 0. The second-order valence-corrected chi connectivity index (χ2v) is 28.9. The van der Waals surface area contributed by atoms with Crippen molar-refractivity contribution in [3.63, 3.8) is 0 Å². The fourth-order valence-electron chi connectivity index (χ4n) is 17.0. The van der Waals surface area contributed by atoms with Gasteiger partial charge in [0.05, 0.1) is 10.8 Å². The highest BCUT2D eigenvalue weighted by Crippen LogP contribution is 2.60. The Morgan fingerprint density at radius 2 is 0.375 bits per heavy atom. The zero-order valence-electron chi connectivity index (χ0n) is 61.9. The topological polar surface area (TPSA) is 77.3 Å². The molecule has 2 aromatic heterocycles. The molecule has 2 aliphatic carbocycles. The molecule has 2 heterocycles. The van der Waals surface area contributed by atoms with Gasteiger partial charge in [-0.25, -0.2) is 29.9 Å². The summed E-state index contributed by atoms with van der Waals surface area (Å²) >= 11 is 0. The maximum absolute atomic E-state index is 5.01. The minimum absolute atomic E-state index is 0.446. The highest BCUT2D eigenvalue weighted by molar-refractivity contribution is 5.98. The Hall–Kier alpha value is -14.5. The second-order valence-electron chi connectivity index (χ2n) is 28.9. The maximum Gasteiger partial charge on any atom is 0.164 e. The first kappa shape index (κ1) is 68.1. The van der Waals surface area contributed by atoms with Gasteiger partial charge in [0, 0.05) is 33.4 Å². The fraction of sp³-hybridized carbons (Fsp3) is 0.0377. The number of hydrogen-bond acceptors (Lipinski definition) is 6. The third kappa shape index (κ3) is 12.3. The van der Waals surface area contributed by atoms with Crippen LogP contribution in [0.4, 0.5) is 0 Å². The van der Waals surface area contributed by atoms with Crippen LogP contribution < -0.4 is 0 Å². The van der Waals surface area contributed by atoms with Gasteiger partial charge in [-0.2, -0.15) is 0 Å². The fourth-order valence-corrected chi connectivity index (χ4v) is 17.0. The van der Waals surface area contributed by atoms with E-state index in [1.54, 1.807) is 0 Å². The summed E-state index contributed by atoms with van der Waals surface area (Å²) in [7, 11) is 0. The number of aromatic nitrogens is 6. The molecule has 0 spiro atoms. The van der Waals surface area contributed by atoms with E-state index in [1.807, 2.05) is 121 Å². The van der Waals surface area contributed by atoms with Crippen LogP contribution in [0.3, 0.4) is 0 Å². The lowest BCUT2D eigenvalue weighted by Crippen LogP contribution is -2.28. The van der Waals surface area contributed by atoms with E-state index in [0.717, 1.165) is 55.6 Å². The zero-order valence-corrected chi connectivity index (χ0v) is 61.9. The van der Waals surface area contributed by atoms with Crippen LogP contribution in [0, 0.1) is 13.8 Å². The molecule has 18 aromatic rings. The molecule has 0 amide bonds. The molecule has 112 heavy (non-hydrogen) atoms. The molecule has 0 N–H and O–H groups in total. The Kier molecular flexibility index (Phi) is 17.8. The van der Waals surface area contributed by atoms with Crippen LogP contribution in [0.5, 0.6) is 0 Å². The van der Waals surface area contributed by atoms with Crippen LogP contribution in [-0.4, -0.2) is 29.9 Å². The Balaban J connectivity index is 0.000000151. The van der Waals surface area contributed by atoms with Gasteiger partial charge in [0.2, 0.25) is 0 Å². The Morgan fingerprint density at radius 3 is 0.696 bits per heavy atom. The zero-order chi connectivity index (χ0) is 75.0. The molecule has 6 heteroatoms. The summed E-state index contributed by atoms with van der Waals surface area (Å²) in [6.07, 6.45) is 0. The molecule has 0 radical (unpaired) electrons. The summed E-state index contributed by atoms with van der Waals surface area (Å²) in [5.41, 5.74) is 31.9. The average molecular weight is 1430 g/mol. The van der Waals surface area contributed by atoms with Crippen LogP contribution in [0.1, 0.15) is 55.6 Å². The Bertz CT molecular complexity index is 6290. The van der Waals surface area contributed by atoms with Crippen molar-refractivity contribution in [3.8, 4) is 135 Å². The lowest BCUT2D eigenvalue weighted by atomic mass is 9.67. The number of rotatable bonds is 14. The van der Waals surface area contributed by atoms with Crippen molar-refractivity contribution in [1.29, 1.82) is 0 Å². The molecule has 528 valence electrons. The van der Waals surface area contributed by atoms with Crippen molar-refractivity contribution in [2.75, 3.05) is 0 Å². The molecule has 2 aliphatic rings. The van der Waals surface area contributed by atoms with Gasteiger partial charge < -0.3 is 0 Å². The molecular formula is C106H74N6. The molecule has 0 saturated heterocycles. The second kappa shape index (κ2) is 29.3. The Morgan fingerprint density at radius 1 is 0.161 bits per heavy atom. The van der Waals surface area contributed by atoms with Gasteiger partial charge in [-0.15, -0.1) is 0 Å². The molecule has 0 bridgehead atoms. The number of aryl methyl sites for hydroxylation is 2. The first-order chi connectivity index (χ1) is 55.3. The van der Waals surface area contributed by atoms with E-state index >= 15 is 0 Å². The molecule has 0 unspecified atom stereocenters. The van der Waals surface area contributed by atoms with E-state index in [4.69, 9.17) is 29.9 Å². The summed E-state index contributed by atoms with van der Waals surface area (Å²) in [5, 5.41) is 0. The standard InChI is InChI=1S/C54H39N3.C52H35N3/c1-36-26-30-44(31-27-36)54(45-32-28-37(2)29-33-45)48-24-10-9-22-47(48)50-46(23-13-25-49(50)54)42-20-11-18-40(34-42)41-19-12-21-43(35-41)53-56-51(38-14-5-3-6-15-38)55-52(57-53)39-16-7-4-8-17-39;1-5-18-36(19-6-1)49-53-50(37-20-7-2-8-21-37)55-51(54-49)41-25-16-23-39(35-41)38-22-15-24-40(34-38)44-31-17-33-47-48(44)45-30-13-14-32-46(45)52(47,42-26-9-3-10-27-42)43-28-11-4-12-29-43/h3-35H,1-2H3;1-35H. The van der Waals surface area contributed by atoms with E-state index < -0.39 is 10.8 Å². The normalized spacial score (nSPS) is 12.5. The van der Waals surface area contributed by atoms with Gasteiger partial charge in [0.1, 0.15) is 0 Å². The minimum atomic E-state index is -0.461. The smallest absolute Gasteiger partial charge is 0.164 e. The highest BCUT2D eigenvalue weighted by atomic mass is 15.0. The van der Waals surface area contributed by atoms with Gasteiger partial charge in [-0.05, 0) is 149 Å². The van der Waals surface area contributed by atoms with E-state index in [9.17, 15) is 0 Å². The van der Waals surface area contributed by atoms with E-state index in [-0.39, 0.29) is 0 Å². The van der Waals surface area contributed by atoms with E-state index in [1.165, 1.54) is 100 Å². The van der Waals surface area contributed by atoms with E-state index in [0.29, 0.717) is 34.9 Å². The summed E-state index contributed by atoms with van der Waals surface area (Å²) in [5.74, 6) is 3.88. The van der Waals surface area contributed by atoms with Crippen LogP contribution in [0.2, 0.25) is 0 Å². The third-order valence-corrected chi connectivity index (χ3v) is 22.2. The number of benzene rings is 16. The van der Waals surface area contributed by atoms with Crippen molar-refractivity contribution in [1.82, 2.24) is 29.9 Å². The SMILES string of the molecule is Cc1ccc(C2(c3ccc(C)cc3)c3ccccc3-c3c(-c4cccc(-c5cccc(-c6nc(-c7ccccc7)nc(-c7ccccc7)n6)c5)c4)cccc32)cc1.c1ccc(-c2nc(-c3ccccc3)nc(-c3cccc(-c4cccc(-c5cccc6c5-c5ccccc5C6(c5ccccc5)c5ccccc5)c4)c3)n2)cc1. The quantitative estimate of drug-likeness (QED) is 0.108. The number of nitrogens with zero attached hydrogens (tertiary/aromatic N) is 6. The summed E-state index contributed by atoms with van der Waals surface area (Å²) in [6, 6.07) is 147. The van der Waals surface area contributed by atoms with Crippen molar-refractivity contribution in [2.24, 2.45) is 0 Å². The lowest BCUT2D eigenvalue weighted by molar-refractivity contribution is 0.767. The molecule has 6 nitrogen and oxygen atoms in total. The summed E-state index contributed by atoms with van der Waals surface area (Å²) in [4.78, 5) is 29.8. The van der Waals surface area contributed by atoms with Crippen molar-refractivity contribution < 1.29 is 0 Å². The number of hydrogen-bond donors (Lipinski definition) is 0. The largest absolute Gasteiger partial charge is 0.208 e. The van der Waals surface area contributed by atoms with Gasteiger partial charge in [-0.3, -0.25) is 0 Å². The lowest BCUT2D eigenvalue weighted by Gasteiger charge is -2.34. The van der Waals surface area contributed by atoms with Crippen LogP contribution >= 0.6 is 0 Å². The number of fused-ring (bicyclic) bond motifs is 6. The molecule has 0 aliphatic heterocycles. The predicted octanol–water partition coefficient (Wildman–Crippen LogP) is 25.8. The van der Waals surface area contributed by atoms with Gasteiger partial charge >= 0.3 is 0 Å². The minimum Gasteiger partial charge on any atom is -0.208 e. The maximum atomic E-state index is 5.01. The molecule has 0 saturated carbocycles. The first-order valence-corrected chi connectivity index (χ1v) is 38.2. The van der Waals surface area contributed by atoms with Crippen LogP contribution in [-0.2, 0) is 10.8 Å². The Labute approximate surface area is 653 Å². The molecule has 0 atom stereocenters. The summed E-state index contributed by atoms with van der Waals surface area (Å²) in [6.45, 7) is 4.32. The van der Waals surface area contributed by atoms with Gasteiger partial charge in [0.15, 0.2) is 34.9 Å². The van der Waals surface area contributed by atoms with Crippen LogP contribution in [0.25, 0.3) is 135 Å². The molecule has 16 aromatic carbocycles. The average Bonchev–Trinajstić information content (AvgIpc) is 1.54. The van der Waals surface area contributed by atoms with Gasteiger partial charge in [0.25, 0.3) is 0 Å². The van der Waals surface area contributed by atoms with Gasteiger partial charge in [-0.1, -0.05) is 399 Å². The first-order valence-electron chi connectivity index (χ1n) is 38.2. The molecule has 0 fully saturated rings. The third-order valence-electron chi connectivity index (χ3n) is 22.2. The van der Waals surface area contributed by atoms with Crippen LogP contribution in [0.15, 0.2) is 413 Å². The van der Waals surface area contributed by atoms with Crippen molar-refractivity contribution in [2.45, 2.75) is 24.7 Å². The van der Waals surface area contributed by atoms with Crippen molar-refractivity contribution >= 4 is 0 Å². The molecule has 20 rings (SSSR count). The predicted molar refractivity (Wildman–Crippen MR) is 458 cm³/mol. The monoisotopic (exact) mass is 1430 g/mol. The van der Waals surface area contributed by atoms with E-state index in [2.05, 4.69) is 305 Å². The highest BCUT2D eigenvalue weighted by Gasteiger charge is 2.48.